The van der Waals surface area contributed by atoms with E-state index in [1.165, 1.54) is 6.26 Å². The van der Waals surface area contributed by atoms with Crippen LogP contribution in [0.5, 0.6) is 0 Å². The zero-order valence-electron chi connectivity index (χ0n) is 11.2. The molecule has 2 unspecified atom stereocenters. The van der Waals surface area contributed by atoms with E-state index in [2.05, 4.69) is 5.32 Å². The molecule has 1 aliphatic rings. The number of carbonyl (C=O) groups excluding carboxylic acids is 1. The van der Waals surface area contributed by atoms with Crippen LogP contribution in [0.15, 0.2) is 0 Å². The van der Waals surface area contributed by atoms with Crippen LogP contribution in [-0.2, 0) is 14.6 Å². The number of hydrogen-bond acceptors (Lipinski definition) is 4. The summed E-state index contributed by atoms with van der Waals surface area (Å²) in [5, 5.41) is 3.26. The Morgan fingerprint density at radius 1 is 1.50 bits per heavy atom. The van der Waals surface area contributed by atoms with Gasteiger partial charge in [-0.05, 0) is 26.3 Å². The van der Waals surface area contributed by atoms with Crippen molar-refractivity contribution >= 4 is 28.2 Å². The van der Waals surface area contributed by atoms with Crippen LogP contribution in [0.2, 0.25) is 0 Å². The number of nitrogens with one attached hydrogen (secondary N) is 1. The van der Waals surface area contributed by atoms with Crippen LogP contribution in [0, 0.1) is 0 Å². The molecule has 1 N–H and O–H groups in total. The lowest BCUT2D eigenvalue weighted by Gasteiger charge is -2.25. The molecular formula is C11H23ClN2O3S. The van der Waals surface area contributed by atoms with Crippen LogP contribution in [0.3, 0.4) is 0 Å². The van der Waals surface area contributed by atoms with Gasteiger partial charge in [0, 0.05) is 31.8 Å². The molecule has 0 aromatic carbocycles. The van der Waals surface area contributed by atoms with E-state index in [-0.39, 0.29) is 36.2 Å². The molecule has 1 saturated heterocycles. The molecule has 0 radical (unpaired) electrons. The van der Waals surface area contributed by atoms with E-state index < -0.39 is 9.84 Å². The van der Waals surface area contributed by atoms with Crippen molar-refractivity contribution in [1.29, 1.82) is 0 Å². The predicted octanol–water partition coefficient (Wildman–Crippen LogP) is 0.442. The summed E-state index contributed by atoms with van der Waals surface area (Å²) in [5.74, 6) is 0.0356. The molecule has 108 valence electrons. The summed E-state index contributed by atoms with van der Waals surface area (Å²) in [5.41, 5.74) is 0. The standard InChI is InChI=1S/C11H22N2O3S.ClH/c1-9(8-17(3,15)16)13(2)11(14)7-10-5-4-6-12-10;/h9-10,12H,4-8H2,1-3H3;1H. The zero-order chi connectivity index (χ0) is 13.1. The van der Waals surface area contributed by atoms with Crippen LogP contribution in [0.1, 0.15) is 26.2 Å². The van der Waals surface area contributed by atoms with Crippen molar-refractivity contribution in [2.45, 2.75) is 38.3 Å². The summed E-state index contributed by atoms with van der Waals surface area (Å²) in [6.07, 6.45) is 3.80. The van der Waals surface area contributed by atoms with E-state index >= 15 is 0 Å². The average Bonchev–Trinajstić information content (AvgIpc) is 2.66. The smallest absolute Gasteiger partial charge is 0.224 e. The summed E-state index contributed by atoms with van der Waals surface area (Å²) in [6.45, 7) is 2.74. The SMILES string of the molecule is CC(CS(C)(=O)=O)N(C)C(=O)CC1CCCN1.Cl. The van der Waals surface area contributed by atoms with Gasteiger partial charge >= 0.3 is 0 Å². The maximum Gasteiger partial charge on any atom is 0.224 e. The maximum atomic E-state index is 11.9. The summed E-state index contributed by atoms with van der Waals surface area (Å²) >= 11 is 0. The van der Waals surface area contributed by atoms with Crippen molar-refractivity contribution in [2.75, 3.05) is 25.6 Å². The highest BCUT2D eigenvalue weighted by molar-refractivity contribution is 7.90. The van der Waals surface area contributed by atoms with E-state index in [9.17, 15) is 13.2 Å². The molecule has 1 heterocycles. The number of halogens is 1. The van der Waals surface area contributed by atoms with Gasteiger partial charge in [-0.15, -0.1) is 12.4 Å². The topological polar surface area (TPSA) is 66.5 Å². The van der Waals surface area contributed by atoms with Crippen LogP contribution < -0.4 is 5.32 Å². The second-order valence-corrected chi connectivity index (χ2v) is 7.13. The van der Waals surface area contributed by atoms with Gasteiger partial charge in [-0.3, -0.25) is 4.79 Å². The Kier molecular flexibility index (Phi) is 7.17. The molecule has 7 heteroatoms. The van der Waals surface area contributed by atoms with E-state index in [1.807, 2.05) is 0 Å². The molecule has 0 bridgehead atoms. The first kappa shape index (κ1) is 17.7. The van der Waals surface area contributed by atoms with Gasteiger partial charge in [-0.2, -0.15) is 0 Å². The van der Waals surface area contributed by atoms with E-state index in [0.29, 0.717) is 6.42 Å². The van der Waals surface area contributed by atoms with Crippen molar-refractivity contribution in [3.05, 3.63) is 0 Å². The minimum Gasteiger partial charge on any atom is -0.342 e. The van der Waals surface area contributed by atoms with Gasteiger partial charge in [0.1, 0.15) is 9.84 Å². The number of sulfone groups is 1. The van der Waals surface area contributed by atoms with Gasteiger partial charge in [0.15, 0.2) is 0 Å². The molecular weight excluding hydrogens is 276 g/mol. The highest BCUT2D eigenvalue weighted by Gasteiger charge is 2.23. The van der Waals surface area contributed by atoms with Gasteiger partial charge in [-0.25, -0.2) is 8.42 Å². The molecule has 1 aliphatic heterocycles. The Bertz CT molecular complexity index is 366. The molecule has 0 saturated carbocycles. The number of nitrogens with zero attached hydrogens (tertiary/aromatic N) is 1. The van der Waals surface area contributed by atoms with Crippen LogP contribution in [-0.4, -0.2) is 56.9 Å². The Morgan fingerprint density at radius 2 is 2.11 bits per heavy atom. The molecule has 0 spiro atoms. The van der Waals surface area contributed by atoms with Crippen molar-refractivity contribution in [3.8, 4) is 0 Å². The third-order valence-electron chi connectivity index (χ3n) is 3.18. The van der Waals surface area contributed by atoms with E-state index in [0.717, 1.165) is 19.4 Å². The lowest BCUT2D eigenvalue weighted by atomic mass is 10.1. The molecule has 2 atom stereocenters. The fourth-order valence-corrected chi connectivity index (χ4v) is 3.18. The number of amides is 1. The second kappa shape index (κ2) is 7.31. The first-order chi connectivity index (χ1) is 7.79. The first-order valence-corrected chi connectivity index (χ1v) is 8.02. The van der Waals surface area contributed by atoms with Crippen LogP contribution in [0.25, 0.3) is 0 Å². The Morgan fingerprint density at radius 3 is 2.56 bits per heavy atom. The second-order valence-electron chi connectivity index (χ2n) is 4.94. The zero-order valence-corrected chi connectivity index (χ0v) is 12.8. The monoisotopic (exact) mass is 298 g/mol. The Balaban J connectivity index is 0.00000289. The van der Waals surface area contributed by atoms with E-state index in [1.54, 1.807) is 18.9 Å². The molecule has 5 nitrogen and oxygen atoms in total. The van der Waals surface area contributed by atoms with Gasteiger partial charge in [0.25, 0.3) is 0 Å². The summed E-state index contributed by atoms with van der Waals surface area (Å²) in [4.78, 5) is 13.5. The van der Waals surface area contributed by atoms with E-state index in [4.69, 9.17) is 0 Å². The highest BCUT2D eigenvalue weighted by atomic mass is 35.5. The largest absolute Gasteiger partial charge is 0.342 e. The molecule has 1 fully saturated rings. The number of carbonyl (C=O) groups is 1. The molecule has 0 aromatic heterocycles. The highest BCUT2D eigenvalue weighted by Crippen LogP contribution is 2.11. The van der Waals surface area contributed by atoms with Crippen molar-refractivity contribution in [3.63, 3.8) is 0 Å². The fraction of sp³-hybridized carbons (Fsp3) is 0.909. The lowest BCUT2D eigenvalue weighted by molar-refractivity contribution is -0.131. The normalized spacial score (nSPS) is 21.2. The Hall–Kier alpha value is -0.330. The average molecular weight is 299 g/mol. The quantitative estimate of drug-likeness (QED) is 0.800. The summed E-state index contributed by atoms with van der Waals surface area (Å²) < 4.78 is 22.3. The first-order valence-electron chi connectivity index (χ1n) is 5.96. The lowest BCUT2D eigenvalue weighted by Crippen LogP contribution is -2.41. The third kappa shape index (κ3) is 6.02. The molecule has 0 aliphatic carbocycles. The maximum absolute atomic E-state index is 11.9. The van der Waals surface area contributed by atoms with Gasteiger partial charge in [0.05, 0.1) is 5.75 Å². The number of rotatable bonds is 5. The minimum absolute atomic E-state index is 0. The molecule has 1 rings (SSSR count). The van der Waals surface area contributed by atoms with Gasteiger partial charge in [-0.1, -0.05) is 0 Å². The van der Waals surface area contributed by atoms with Gasteiger partial charge in [0.2, 0.25) is 5.91 Å². The summed E-state index contributed by atoms with van der Waals surface area (Å²) in [7, 11) is -1.36. The van der Waals surface area contributed by atoms with Crippen molar-refractivity contribution in [1.82, 2.24) is 10.2 Å². The minimum atomic E-state index is -3.04. The Labute approximate surface area is 116 Å². The van der Waals surface area contributed by atoms with Gasteiger partial charge < -0.3 is 10.2 Å². The third-order valence-corrected chi connectivity index (χ3v) is 4.27. The fourth-order valence-electron chi connectivity index (χ4n) is 2.08. The van der Waals surface area contributed by atoms with Crippen molar-refractivity contribution < 1.29 is 13.2 Å². The molecule has 0 aromatic rings. The van der Waals surface area contributed by atoms with Crippen LogP contribution in [0.4, 0.5) is 0 Å². The molecule has 1 amide bonds. The molecule has 18 heavy (non-hydrogen) atoms. The summed E-state index contributed by atoms with van der Waals surface area (Å²) in [6, 6.07) is -0.00529. The number of hydrogen-bond donors (Lipinski definition) is 1. The van der Waals surface area contributed by atoms with Crippen LogP contribution >= 0.6 is 12.4 Å². The predicted molar refractivity (Wildman–Crippen MR) is 74.8 cm³/mol. The van der Waals surface area contributed by atoms with Crippen molar-refractivity contribution in [2.24, 2.45) is 0 Å².